The Bertz CT molecular complexity index is 1000. The van der Waals surface area contributed by atoms with Crippen LogP contribution in [0, 0.1) is 0 Å². The van der Waals surface area contributed by atoms with Crippen molar-refractivity contribution in [3.8, 4) is 0 Å². The van der Waals surface area contributed by atoms with Crippen LogP contribution in [0.1, 0.15) is 139 Å². The van der Waals surface area contributed by atoms with Crippen LogP contribution >= 0.6 is 0 Å². The summed E-state index contributed by atoms with van der Waals surface area (Å²) in [5, 5.41) is 0. The van der Waals surface area contributed by atoms with E-state index in [1.807, 2.05) is 0 Å². The zero-order valence-corrected chi connectivity index (χ0v) is 25.6. The van der Waals surface area contributed by atoms with Crippen LogP contribution in [0.3, 0.4) is 0 Å². The SMILES string of the molecule is CCCCCCCCCCC[n+]1c(CC(C)c2ccccc2)cn(CCCCCCC)c1Cc1ccccc1. The van der Waals surface area contributed by atoms with Crippen molar-refractivity contribution in [1.29, 1.82) is 0 Å². The van der Waals surface area contributed by atoms with Crippen molar-refractivity contribution in [2.24, 2.45) is 0 Å². The minimum absolute atomic E-state index is 0.519. The van der Waals surface area contributed by atoms with Gasteiger partial charge in [0.15, 0.2) is 0 Å². The first kappa shape index (κ1) is 31.2. The van der Waals surface area contributed by atoms with E-state index in [1.54, 1.807) is 0 Å². The fraction of sp³-hybridized carbons (Fsp3) is 0.595. The summed E-state index contributed by atoms with van der Waals surface area (Å²) in [6.45, 7) is 9.30. The number of nitrogens with zero attached hydrogens (tertiary/aromatic N) is 2. The summed E-state index contributed by atoms with van der Waals surface area (Å²) < 4.78 is 5.35. The Hall–Kier alpha value is -2.35. The first-order valence-corrected chi connectivity index (χ1v) is 16.4. The Kier molecular flexibility index (Phi) is 15.1. The highest BCUT2D eigenvalue weighted by atomic mass is 15.2. The maximum absolute atomic E-state index is 2.72. The van der Waals surface area contributed by atoms with E-state index in [2.05, 4.69) is 96.8 Å². The Morgan fingerprint density at radius 3 is 1.79 bits per heavy atom. The molecule has 2 heteroatoms. The zero-order valence-electron chi connectivity index (χ0n) is 25.6. The first-order chi connectivity index (χ1) is 19.2. The highest BCUT2D eigenvalue weighted by Gasteiger charge is 2.25. The van der Waals surface area contributed by atoms with Gasteiger partial charge in [0, 0.05) is 6.42 Å². The molecule has 0 fully saturated rings. The molecular formula is C37H57N2+. The predicted molar refractivity (Wildman–Crippen MR) is 168 cm³/mol. The molecule has 0 amide bonds. The second-order valence-electron chi connectivity index (χ2n) is 11.8. The summed E-state index contributed by atoms with van der Waals surface area (Å²) in [7, 11) is 0. The third-order valence-electron chi connectivity index (χ3n) is 8.37. The van der Waals surface area contributed by atoms with Crippen molar-refractivity contribution >= 4 is 0 Å². The number of benzene rings is 2. The van der Waals surface area contributed by atoms with Gasteiger partial charge in [0.2, 0.25) is 0 Å². The van der Waals surface area contributed by atoms with E-state index >= 15 is 0 Å². The number of hydrogen-bond donors (Lipinski definition) is 0. The molecule has 2 aromatic carbocycles. The van der Waals surface area contributed by atoms with Crippen LogP contribution < -0.4 is 4.57 Å². The molecule has 1 aromatic heterocycles. The van der Waals surface area contributed by atoms with Crippen LogP contribution in [-0.2, 0) is 25.9 Å². The molecule has 2 nitrogen and oxygen atoms in total. The van der Waals surface area contributed by atoms with Gasteiger partial charge >= 0.3 is 0 Å². The smallest absolute Gasteiger partial charge is 0.234 e. The minimum atomic E-state index is 0.519. The van der Waals surface area contributed by atoms with E-state index in [9.17, 15) is 0 Å². The first-order valence-electron chi connectivity index (χ1n) is 16.4. The van der Waals surface area contributed by atoms with E-state index in [1.165, 1.54) is 113 Å². The Labute approximate surface area is 240 Å². The topological polar surface area (TPSA) is 8.81 Å². The molecule has 3 rings (SSSR count). The number of unbranched alkanes of at least 4 members (excludes halogenated alkanes) is 12. The summed E-state index contributed by atoms with van der Waals surface area (Å²) in [4.78, 5) is 0. The Morgan fingerprint density at radius 2 is 1.18 bits per heavy atom. The Balaban J connectivity index is 1.75. The quantitative estimate of drug-likeness (QED) is 0.0958. The molecule has 3 aromatic rings. The average Bonchev–Trinajstić information content (AvgIpc) is 3.28. The molecule has 0 radical (unpaired) electrons. The number of aryl methyl sites for hydroxylation is 1. The van der Waals surface area contributed by atoms with Crippen molar-refractivity contribution < 1.29 is 4.57 Å². The standard InChI is InChI=1S/C37H57N2/c1-4-6-8-10-11-12-13-15-23-29-39-36(30-33(3)35-26-20-17-21-27-35)32-38(28-22-14-9-7-5-2)37(39)31-34-24-18-16-19-25-34/h16-21,24-27,32-33H,4-15,22-23,28-31H2,1-3H3/q+1. The number of aromatic nitrogens is 2. The van der Waals surface area contributed by atoms with Crippen molar-refractivity contribution in [1.82, 2.24) is 4.57 Å². The summed E-state index contributed by atoms with van der Waals surface area (Å²) in [5.74, 6) is 2.03. The number of imidazole rings is 1. The van der Waals surface area contributed by atoms with Gasteiger partial charge in [-0.15, -0.1) is 0 Å². The van der Waals surface area contributed by atoms with Gasteiger partial charge in [-0.25, -0.2) is 9.13 Å². The van der Waals surface area contributed by atoms with Gasteiger partial charge in [0.25, 0.3) is 5.82 Å². The monoisotopic (exact) mass is 529 g/mol. The summed E-state index contributed by atoms with van der Waals surface area (Å²) in [6, 6.07) is 22.2. The van der Waals surface area contributed by atoms with Crippen LogP contribution in [0.2, 0.25) is 0 Å². The van der Waals surface area contributed by atoms with Crippen LogP contribution in [0.5, 0.6) is 0 Å². The molecule has 214 valence electrons. The summed E-state index contributed by atoms with van der Waals surface area (Å²) >= 11 is 0. The number of rotatable bonds is 21. The molecular weight excluding hydrogens is 472 g/mol. The van der Waals surface area contributed by atoms with E-state index < -0.39 is 0 Å². The van der Waals surface area contributed by atoms with Crippen LogP contribution in [0.15, 0.2) is 66.9 Å². The normalized spacial score (nSPS) is 12.2. The van der Waals surface area contributed by atoms with Gasteiger partial charge < -0.3 is 0 Å². The van der Waals surface area contributed by atoms with Crippen LogP contribution in [0.25, 0.3) is 0 Å². The van der Waals surface area contributed by atoms with E-state index in [0.29, 0.717) is 5.92 Å². The van der Waals surface area contributed by atoms with Gasteiger partial charge in [-0.2, -0.15) is 0 Å². The van der Waals surface area contributed by atoms with Crippen LogP contribution in [-0.4, -0.2) is 4.57 Å². The van der Waals surface area contributed by atoms with Gasteiger partial charge in [-0.1, -0.05) is 146 Å². The van der Waals surface area contributed by atoms with Crippen molar-refractivity contribution in [2.75, 3.05) is 0 Å². The molecule has 0 bridgehead atoms. The fourth-order valence-corrected chi connectivity index (χ4v) is 5.93. The highest BCUT2D eigenvalue weighted by Crippen LogP contribution is 2.21. The zero-order chi connectivity index (χ0) is 27.5. The average molecular weight is 530 g/mol. The molecule has 0 aliphatic rings. The second-order valence-corrected chi connectivity index (χ2v) is 11.8. The third kappa shape index (κ3) is 11.3. The molecule has 0 aliphatic carbocycles. The summed E-state index contributed by atoms with van der Waals surface area (Å²) in [6.07, 6.45) is 23.7. The lowest BCUT2D eigenvalue weighted by Crippen LogP contribution is -2.41. The third-order valence-corrected chi connectivity index (χ3v) is 8.37. The molecule has 0 N–H and O–H groups in total. The maximum atomic E-state index is 2.72. The van der Waals surface area contributed by atoms with Crippen molar-refractivity contribution in [3.63, 3.8) is 0 Å². The van der Waals surface area contributed by atoms with Crippen molar-refractivity contribution in [2.45, 2.75) is 143 Å². The maximum Gasteiger partial charge on any atom is 0.261 e. The van der Waals surface area contributed by atoms with E-state index in [0.717, 1.165) is 25.9 Å². The molecule has 39 heavy (non-hydrogen) atoms. The van der Waals surface area contributed by atoms with Gasteiger partial charge in [-0.05, 0) is 42.7 Å². The molecule has 1 heterocycles. The number of hydrogen-bond acceptors (Lipinski definition) is 0. The molecule has 1 atom stereocenters. The largest absolute Gasteiger partial charge is 0.261 e. The minimum Gasteiger partial charge on any atom is -0.234 e. The predicted octanol–water partition coefficient (Wildman–Crippen LogP) is 10.2. The highest BCUT2D eigenvalue weighted by molar-refractivity contribution is 5.21. The van der Waals surface area contributed by atoms with Crippen molar-refractivity contribution in [3.05, 3.63) is 89.5 Å². The molecule has 0 saturated carbocycles. The van der Waals surface area contributed by atoms with Gasteiger partial charge in [-0.3, -0.25) is 0 Å². The van der Waals surface area contributed by atoms with Gasteiger partial charge in [0.1, 0.15) is 11.9 Å². The molecule has 0 aliphatic heterocycles. The molecule has 0 saturated heterocycles. The van der Waals surface area contributed by atoms with Gasteiger partial charge in [0.05, 0.1) is 19.5 Å². The second kappa shape index (κ2) is 18.9. The van der Waals surface area contributed by atoms with E-state index in [4.69, 9.17) is 0 Å². The molecule has 1 unspecified atom stereocenters. The lowest BCUT2D eigenvalue weighted by atomic mass is 9.96. The van der Waals surface area contributed by atoms with Crippen LogP contribution in [0.4, 0.5) is 0 Å². The van der Waals surface area contributed by atoms with E-state index in [-0.39, 0.29) is 0 Å². The lowest BCUT2D eigenvalue weighted by molar-refractivity contribution is -0.710. The fourth-order valence-electron chi connectivity index (χ4n) is 5.93. The Morgan fingerprint density at radius 1 is 0.641 bits per heavy atom. The summed E-state index contributed by atoms with van der Waals surface area (Å²) in [5.41, 5.74) is 4.39. The lowest BCUT2D eigenvalue weighted by Gasteiger charge is -2.12. The molecule has 0 spiro atoms.